The fourth-order valence-electron chi connectivity index (χ4n) is 1.49. The van der Waals surface area contributed by atoms with E-state index in [4.69, 9.17) is 15.7 Å². The van der Waals surface area contributed by atoms with Gasteiger partial charge < -0.3 is 10.5 Å². The molecular formula is C12H12N4O. The largest absolute Gasteiger partial charge is 0.437 e. The van der Waals surface area contributed by atoms with Crippen LogP contribution in [0, 0.1) is 18.3 Å². The third kappa shape index (κ3) is 2.21. The van der Waals surface area contributed by atoms with Gasteiger partial charge in [-0.1, -0.05) is 0 Å². The SMILES string of the molecule is Cc1cc(Oc2cc(C#N)ccc2N)n(C)n1. The zero-order valence-corrected chi connectivity index (χ0v) is 9.64. The molecule has 5 nitrogen and oxygen atoms in total. The topological polar surface area (TPSA) is 76.9 Å². The number of rotatable bonds is 2. The van der Waals surface area contributed by atoms with Crippen LogP contribution in [0.2, 0.25) is 0 Å². The van der Waals surface area contributed by atoms with Gasteiger partial charge in [0.2, 0.25) is 5.88 Å². The van der Waals surface area contributed by atoms with Crippen LogP contribution in [0.4, 0.5) is 5.69 Å². The molecule has 0 unspecified atom stereocenters. The summed E-state index contributed by atoms with van der Waals surface area (Å²) in [5.74, 6) is 1.05. The molecule has 0 radical (unpaired) electrons. The smallest absolute Gasteiger partial charge is 0.217 e. The maximum Gasteiger partial charge on any atom is 0.217 e. The second kappa shape index (κ2) is 4.18. The molecule has 0 bridgehead atoms. The van der Waals surface area contributed by atoms with Crippen molar-refractivity contribution in [3.05, 3.63) is 35.5 Å². The van der Waals surface area contributed by atoms with E-state index in [1.54, 1.807) is 36.0 Å². The van der Waals surface area contributed by atoms with E-state index >= 15 is 0 Å². The molecule has 86 valence electrons. The number of anilines is 1. The summed E-state index contributed by atoms with van der Waals surface area (Å²) in [6, 6.07) is 8.75. The Morgan fingerprint density at radius 2 is 2.18 bits per heavy atom. The minimum atomic E-state index is 0.465. The normalized spacial score (nSPS) is 9.94. The van der Waals surface area contributed by atoms with Gasteiger partial charge in [0.15, 0.2) is 5.75 Å². The van der Waals surface area contributed by atoms with Gasteiger partial charge in [0.25, 0.3) is 0 Å². The molecular weight excluding hydrogens is 216 g/mol. The summed E-state index contributed by atoms with van der Waals surface area (Å²) < 4.78 is 7.25. The summed E-state index contributed by atoms with van der Waals surface area (Å²) in [6.45, 7) is 1.88. The number of aryl methyl sites for hydroxylation is 2. The fraction of sp³-hybridized carbons (Fsp3) is 0.167. The van der Waals surface area contributed by atoms with Crippen LogP contribution in [0.15, 0.2) is 24.3 Å². The highest BCUT2D eigenvalue weighted by atomic mass is 16.5. The molecule has 17 heavy (non-hydrogen) atoms. The van der Waals surface area contributed by atoms with Crippen LogP contribution in [0.5, 0.6) is 11.6 Å². The molecule has 0 amide bonds. The van der Waals surface area contributed by atoms with Crippen molar-refractivity contribution in [2.45, 2.75) is 6.92 Å². The number of hydrogen-bond donors (Lipinski definition) is 1. The maximum atomic E-state index is 8.81. The summed E-state index contributed by atoms with van der Waals surface area (Å²) in [4.78, 5) is 0. The lowest BCUT2D eigenvalue weighted by Gasteiger charge is -2.08. The van der Waals surface area contributed by atoms with E-state index in [1.165, 1.54) is 0 Å². The Balaban J connectivity index is 2.36. The van der Waals surface area contributed by atoms with Gasteiger partial charge in [0.1, 0.15) is 0 Å². The van der Waals surface area contributed by atoms with E-state index in [9.17, 15) is 0 Å². The van der Waals surface area contributed by atoms with Crippen LogP contribution < -0.4 is 10.5 Å². The minimum Gasteiger partial charge on any atom is -0.437 e. The standard InChI is InChI=1S/C12H12N4O/c1-8-5-12(16(2)15-8)17-11-6-9(7-13)3-4-10(11)14/h3-6H,14H2,1-2H3. The van der Waals surface area contributed by atoms with Crippen LogP contribution in [0.1, 0.15) is 11.3 Å². The Bertz CT molecular complexity index is 595. The number of nitrogens with zero attached hydrogens (tertiary/aromatic N) is 3. The van der Waals surface area contributed by atoms with Gasteiger partial charge in [-0.25, -0.2) is 4.68 Å². The van der Waals surface area contributed by atoms with Crippen molar-refractivity contribution < 1.29 is 4.74 Å². The highest BCUT2D eigenvalue weighted by Crippen LogP contribution is 2.28. The minimum absolute atomic E-state index is 0.465. The lowest BCUT2D eigenvalue weighted by Crippen LogP contribution is -1.98. The summed E-state index contributed by atoms with van der Waals surface area (Å²) >= 11 is 0. The molecule has 0 spiro atoms. The first kappa shape index (κ1) is 11.0. The molecule has 0 aliphatic heterocycles. The molecule has 0 fully saturated rings. The zero-order valence-electron chi connectivity index (χ0n) is 9.64. The third-order valence-electron chi connectivity index (χ3n) is 2.32. The first-order valence-corrected chi connectivity index (χ1v) is 5.08. The van der Waals surface area contributed by atoms with Gasteiger partial charge in [-0.05, 0) is 19.1 Å². The average molecular weight is 228 g/mol. The Labute approximate surface area is 99.0 Å². The van der Waals surface area contributed by atoms with E-state index < -0.39 is 0 Å². The van der Waals surface area contributed by atoms with Crippen LogP contribution >= 0.6 is 0 Å². The first-order valence-electron chi connectivity index (χ1n) is 5.08. The Hall–Kier alpha value is -2.48. The van der Waals surface area contributed by atoms with Crippen LogP contribution in [0.25, 0.3) is 0 Å². The highest BCUT2D eigenvalue weighted by Gasteiger charge is 2.08. The second-order valence-corrected chi connectivity index (χ2v) is 3.71. The van der Waals surface area contributed by atoms with Gasteiger partial charge in [-0.15, -0.1) is 0 Å². The molecule has 1 aromatic carbocycles. The predicted octanol–water partition coefficient (Wildman–Crippen LogP) is 1.97. The quantitative estimate of drug-likeness (QED) is 0.797. The van der Waals surface area contributed by atoms with Gasteiger partial charge in [-0.3, -0.25) is 0 Å². The zero-order chi connectivity index (χ0) is 12.4. The monoisotopic (exact) mass is 228 g/mol. The average Bonchev–Trinajstić information content (AvgIpc) is 2.60. The van der Waals surface area contributed by atoms with Crippen molar-refractivity contribution in [1.82, 2.24) is 9.78 Å². The summed E-state index contributed by atoms with van der Waals surface area (Å²) in [5.41, 5.74) is 7.64. The van der Waals surface area contributed by atoms with E-state index in [0.717, 1.165) is 5.69 Å². The number of nitrogens with two attached hydrogens (primary N) is 1. The van der Waals surface area contributed by atoms with Gasteiger partial charge in [0, 0.05) is 19.2 Å². The van der Waals surface area contributed by atoms with Crippen LogP contribution in [-0.4, -0.2) is 9.78 Å². The van der Waals surface area contributed by atoms with Gasteiger partial charge >= 0.3 is 0 Å². The van der Waals surface area contributed by atoms with Crippen molar-refractivity contribution >= 4 is 5.69 Å². The Morgan fingerprint density at radius 1 is 1.41 bits per heavy atom. The van der Waals surface area contributed by atoms with E-state index in [0.29, 0.717) is 22.9 Å². The lowest BCUT2D eigenvalue weighted by molar-refractivity contribution is 0.432. The van der Waals surface area contributed by atoms with Crippen molar-refractivity contribution in [2.75, 3.05) is 5.73 Å². The molecule has 5 heteroatoms. The van der Waals surface area contributed by atoms with Gasteiger partial charge in [0.05, 0.1) is 23.0 Å². The summed E-state index contributed by atoms with van der Waals surface area (Å²) in [7, 11) is 1.78. The highest BCUT2D eigenvalue weighted by molar-refractivity contribution is 5.57. The van der Waals surface area contributed by atoms with E-state index in [-0.39, 0.29) is 0 Å². The molecule has 2 N–H and O–H groups in total. The first-order chi connectivity index (χ1) is 8.10. The van der Waals surface area contributed by atoms with Crippen molar-refractivity contribution in [1.29, 1.82) is 5.26 Å². The molecule has 0 aliphatic carbocycles. The molecule has 0 saturated carbocycles. The molecule has 0 atom stereocenters. The molecule has 2 aromatic rings. The summed E-state index contributed by atoms with van der Waals surface area (Å²) in [5, 5.41) is 13.0. The Kier molecular flexibility index (Phi) is 2.71. The number of aromatic nitrogens is 2. The van der Waals surface area contributed by atoms with Crippen LogP contribution in [0.3, 0.4) is 0 Å². The number of nitriles is 1. The molecule has 1 heterocycles. The molecule has 0 aliphatic rings. The van der Waals surface area contributed by atoms with E-state index in [2.05, 4.69) is 5.10 Å². The molecule has 1 aromatic heterocycles. The predicted molar refractivity (Wildman–Crippen MR) is 63.6 cm³/mol. The number of ether oxygens (including phenoxy) is 1. The number of nitrogen functional groups attached to an aromatic ring is 1. The summed E-state index contributed by atoms with van der Waals surface area (Å²) in [6.07, 6.45) is 0. The lowest BCUT2D eigenvalue weighted by atomic mass is 10.2. The molecule has 2 rings (SSSR count). The molecule has 0 saturated heterocycles. The van der Waals surface area contributed by atoms with Crippen molar-refractivity contribution in [3.63, 3.8) is 0 Å². The number of hydrogen-bond acceptors (Lipinski definition) is 4. The third-order valence-corrected chi connectivity index (χ3v) is 2.32. The van der Waals surface area contributed by atoms with E-state index in [1.807, 2.05) is 13.0 Å². The maximum absolute atomic E-state index is 8.81. The van der Waals surface area contributed by atoms with Gasteiger partial charge in [-0.2, -0.15) is 10.4 Å². The van der Waals surface area contributed by atoms with Crippen LogP contribution in [-0.2, 0) is 7.05 Å². The fourth-order valence-corrected chi connectivity index (χ4v) is 1.49. The van der Waals surface area contributed by atoms with Crippen molar-refractivity contribution in [3.8, 4) is 17.7 Å². The second-order valence-electron chi connectivity index (χ2n) is 3.71. The number of benzene rings is 1. The van der Waals surface area contributed by atoms with Crippen molar-refractivity contribution in [2.24, 2.45) is 7.05 Å². The Morgan fingerprint density at radius 3 is 2.76 bits per heavy atom.